The van der Waals surface area contributed by atoms with Gasteiger partial charge in [0.2, 0.25) is 5.91 Å². The van der Waals surface area contributed by atoms with E-state index in [-0.39, 0.29) is 18.6 Å². The fourth-order valence-corrected chi connectivity index (χ4v) is 2.69. The predicted molar refractivity (Wildman–Crippen MR) is 85.6 cm³/mol. The summed E-state index contributed by atoms with van der Waals surface area (Å²) in [5.41, 5.74) is 0.926. The minimum atomic E-state index is 0.0313. The molecule has 3 rings (SSSR count). The van der Waals surface area contributed by atoms with Crippen molar-refractivity contribution in [1.82, 2.24) is 4.90 Å². The maximum absolute atomic E-state index is 12.3. The number of ether oxygens (including phenoxy) is 2. The van der Waals surface area contributed by atoms with E-state index in [1.54, 1.807) is 24.3 Å². The van der Waals surface area contributed by atoms with Crippen LogP contribution in [0.5, 0.6) is 5.75 Å². The summed E-state index contributed by atoms with van der Waals surface area (Å²) in [5.74, 6) is 1.33. The topological polar surface area (TPSA) is 62.6 Å². The van der Waals surface area contributed by atoms with Gasteiger partial charge in [-0.3, -0.25) is 4.79 Å². The third-order valence-corrected chi connectivity index (χ3v) is 4.15. The molecule has 0 N–H and O–H groups in total. The van der Waals surface area contributed by atoms with Gasteiger partial charge in [0.25, 0.3) is 0 Å². The maximum atomic E-state index is 12.3. The van der Waals surface area contributed by atoms with Gasteiger partial charge in [-0.15, -0.1) is 0 Å². The number of rotatable bonds is 5. The molecule has 0 aromatic heterocycles. The molecule has 0 bridgehead atoms. The summed E-state index contributed by atoms with van der Waals surface area (Å²) in [5, 5.41) is 8.47. The van der Waals surface area contributed by atoms with Gasteiger partial charge in [0.1, 0.15) is 11.8 Å². The third-order valence-electron chi connectivity index (χ3n) is 4.15. The van der Waals surface area contributed by atoms with Crippen LogP contribution in [0.25, 0.3) is 6.08 Å². The van der Waals surface area contributed by atoms with Crippen molar-refractivity contribution in [3.05, 3.63) is 35.9 Å². The van der Waals surface area contributed by atoms with Crippen molar-refractivity contribution < 1.29 is 14.3 Å². The first-order chi connectivity index (χ1) is 11.3. The lowest BCUT2D eigenvalue weighted by atomic mass is 10.1. The molecule has 0 spiro atoms. The second-order valence-electron chi connectivity index (χ2n) is 5.88. The number of carbonyl (C=O) groups excluding carboxylic acids is 1. The highest BCUT2D eigenvalue weighted by molar-refractivity contribution is 5.91. The molecule has 1 atom stereocenters. The molecule has 1 saturated heterocycles. The quantitative estimate of drug-likeness (QED) is 0.782. The Kier molecular flexibility index (Phi) is 4.94. The van der Waals surface area contributed by atoms with Crippen molar-refractivity contribution in [3.63, 3.8) is 0 Å². The number of amides is 1. The molecule has 1 saturated carbocycles. The lowest BCUT2D eigenvalue weighted by molar-refractivity contribution is -0.134. The van der Waals surface area contributed by atoms with Crippen LogP contribution in [0.2, 0.25) is 0 Å². The molecular formula is C18H20N2O3. The van der Waals surface area contributed by atoms with Crippen LogP contribution in [-0.2, 0) is 9.53 Å². The Morgan fingerprint density at radius 1 is 1.39 bits per heavy atom. The maximum Gasteiger partial charge on any atom is 0.246 e. The van der Waals surface area contributed by atoms with Crippen LogP contribution >= 0.6 is 0 Å². The summed E-state index contributed by atoms with van der Waals surface area (Å²) in [4.78, 5) is 14.2. The van der Waals surface area contributed by atoms with Crippen LogP contribution in [0.4, 0.5) is 0 Å². The van der Waals surface area contributed by atoms with Gasteiger partial charge in [0.05, 0.1) is 12.7 Å². The molecule has 1 heterocycles. The predicted octanol–water partition coefficient (Wildman–Crippen LogP) is 2.24. The second kappa shape index (κ2) is 7.30. The van der Waals surface area contributed by atoms with E-state index < -0.39 is 0 Å². The van der Waals surface area contributed by atoms with Crippen molar-refractivity contribution in [2.45, 2.75) is 18.9 Å². The fourth-order valence-electron chi connectivity index (χ4n) is 2.69. The summed E-state index contributed by atoms with van der Waals surface area (Å²) < 4.78 is 10.9. The Labute approximate surface area is 136 Å². The molecule has 0 radical (unpaired) electrons. The molecule has 1 aromatic carbocycles. The smallest absolute Gasteiger partial charge is 0.246 e. The lowest BCUT2D eigenvalue weighted by Gasteiger charge is -2.32. The van der Waals surface area contributed by atoms with Crippen LogP contribution in [-0.4, -0.2) is 43.2 Å². The highest BCUT2D eigenvalue weighted by Gasteiger charge is 2.35. The zero-order chi connectivity index (χ0) is 16.1. The fraction of sp³-hybridized carbons (Fsp3) is 0.444. The molecule has 1 unspecified atom stereocenters. The van der Waals surface area contributed by atoms with Crippen molar-refractivity contribution in [3.8, 4) is 11.8 Å². The summed E-state index contributed by atoms with van der Waals surface area (Å²) >= 11 is 0. The normalized spacial score (nSPS) is 21.2. The van der Waals surface area contributed by atoms with E-state index >= 15 is 0 Å². The number of benzene rings is 1. The van der Waals surface area contributed by atoms with E-state index in [2.05, 4.69) is 0 Å². The number of nitriles is 1. The Bertz CT molecular complexity index is 614. The standard InChI is InChI=1S/C18H20N2O3/c19-9-11-22-16-6-1-14(2-7-16)3-8-18(21)20-10-12-23-17(13-20)15-4-5-15/h1-3,6-8,15,17H,4-5,10-13H2/b8-3+. The first kappa shape index (κ1) is 15.6. The Morgan fingerprint density at radius 2 is 2.17 bits per heavy atom. The average molecular weight is 312 g/mol. The minimum Gasteiger partial charge on any atom is -0.479 e. The molecule has 5 nitrogen and oxygen atoms in total. The Hall–Kier alpha value is -2.32. The van der Waals surface area contributed by atoms with Gasteiger partial charge in [-0.1, -0.05) is 12.1 Å². The molecule has 1 aliphatic carbocycles. The van der Waals surface area contributed by atoms with Crippen LogP contribution in [0, 0.1) is 17.2 Å². The Morgan fingerprint density at radius 3 is 2.87 bits per heavy atom. The number of hydrogen-bond acceptors (Lipinski definition) is 4. The van der Waals surface area contributed by atoms with Gasteiger partial charge in [0.15, 0.2) is 6.61 Å². The number of morpholine rings is 1. The molecule has 23 heavy (non-hydrogen) atoms. The van der Waals surface area contributed by atoms with Gasteiger partial charge in [0, 0.05) is 19.2 Å². The van der Waals surface area contributed by atoms with E-state index in [1.165, 1.54) is 12.8 Å². The first-order valence-electron chi connectivity index (χ1n) is 7.94. The van der Waals surface area contributed by atoms with Crippen LogP contribution in [0.1, 0.15) is 18.4 Å². The van der Waals surface area contributed by atoms with Gasteiger partial charge >= 0.3 is 0 Å². The zero-order valence-electron chi connectivity index (χ0n) is 13.0. The third kappa shape index (κ3) is 4.33. The lowest BCUT2D eigenvalue weighted by Crippen LogP contribution is -2.45. The highest BCUT2D eigenvalue weighted by atomic mass is 16.5. The Balaban J connectivity index is 1.54. The van der Waals surface area contributed by atoms with Crippen molar-refractivity contribution in [1.29, 1.82) is 5.26 Å². The van der Waals surface area contributed by atoms with Crippen LogP contribution in [0.3, 0.4) is 0 Å². The SMILES string of the molecule is N#CCOc1ccc(/C=C/C(=O)N2CCOC(C3CC3)C2)cc1. The molecule has 1 aromatic rings. The van der Waals surface area contributed by atoms with Crippen LogP contribution < -0.4 is 4.74 Å². The van der Waals surface area contributed by atoms with Gasteiger partial charge in [-0.2, -0.15) is 5.26 Å². The molecular weight excluding hydrogens is 292 g/mol. The van der Waals surface area contributed by atoms with E-state index in [9.17, 15) is 4.79 Å². The van der Waals surface area contributed by atoms with E-state index in [0.717, 1.165) is 5.56 Å². The first-order valence-corrected chi connectivity index (χ1v) is 7.94. The summed E-state index contributed by atoms with van der Waals surface area (Å²) in [6.07, 6.45) is 6.09. The molecule has 1 aliphatic heterocycles. The second-order valence-corrected chi connectivity index (χ2v) is 5.88. The molecule has 2 fully saturated rings. The van der Waals surface area contributed by atoms with Crippen molar-refractivity contribution in [2.24, 2.45) is 5.92 Å². The number of hydrogen-bond donors (Lipinski definition) is 0. The molecule has 5 heteroatoms. The van der Waals surface area contributed by atoms with E-state index in [1.807, 2.05) is 23.1 Å². The number of carbonyl (C=O) groups is 1. The molecule has 120 valence electrons. The van der Waals surface area contributed by atoms with Crippen molar-refractivity contribution >= 4 is 12.0 Å². The van der Waals surface area contributed by atoms with E-state index in [4.69, 9.17) is 14.7 Å². The summed E-state index contributed by atoms with van der Waals surface area (Å²) in [7, 11) is 0. The monoisotopic (exact) mass is 312 g/mol. The minimum absolute atomic E-state index is 0.0313. The highest BCUT2D eigenvalue weighted by Crippen LogP contribution is 2.35. The average Bonchev–Trinajstić information content (AvgIpc) is 3.44. The van der Waals surface area contributed by atoms with Gasteiger partial charge in [-0.05, 0) is 42.5 Å². The van der Waals surface area contributed by atoms with Crippen molar-refractivity contribution in [2.75, 3.05) is 26.3 Å². The molecule has 1 amide bonds. The summed E-state index contributed by atoms with van der Waals surface area (Å²) in [6.45, 7) is 2.03. The van der Waals surface area contributed by atoms with E-state index in [0.29, 0.717) is 31.4 Å². The largest absolute Gasteiger partial charge is 0.479 e. The van der Waals surface area contributed by atoms with Gasteiger partial charge in [-0.25, -0.2) is 0 Å². The zero-order valence-corrected chi connectivity index (χ0v) is 13.0. The van der Waals surface area contributed by atoms with Gasteiger partial charge < -0.3 is 14.4 Å². The van der Waals surface area contributed by atoms with Crippen LogP contribution in [0.15, 0.2) is 30.3 Å². The number of nitrogens with zero attached hydrogens (tertiary/aromatic N) is 2. The summed E-state index contributed by atoms with van der Waals surface area (Å²) in [6, 6.07) is 9.24. The molecule has 2 aliphatic rings.